The van der Waals surface area contributed by atoms with Crippen LogP contribution in [0.2, 0.25) is 0 Å². The Hall–Kier alpha value is -1.94. The van der Waals surface area contributed by atoms with Gasteiger partial charge in [-0.25, -0.2) is 0 Å². The molecular formula is C16H21N3O. The van der Waals surface area contributed by atoms with Gasteiger partial charge >= 0.3 is 0 Å². The summed E-state index contributed by atoms with van der Waals surface area (Å²) >= 11 is 0. The Labute approximate surface area is 119 Å². The molecule has 1 amide bonds. The normalized spacial score (nSPS) is 12.3. The Morgan fingerprint density at radius 1 is 1.35 bits per heavy atom. The lowest BCUT2D eigenvalue weighted by molar-refractivity contribution is 0.0932. The second kappa shape index (κ2) is 7.01. The smallest absolute Gasteiger partial charge is 0.270 e. The molecule has 0 bridgehead atoms. The van der Waals surface area contributed by atoms with Crippen molar-refractivity contribution in [2.45, 2.75) is 32.2 Å². The van der Waals surface area contributed by atoms with Crippen molar-refractivity contribution < 1.29 is 4.79 Å². The quantitative estimate of drug-likeness (QED) is 0.848. The Bertz CT molecular complexity index is 577. The van der Waals surface area contributed by atoms with Crippen LogP contribution in [0.25, 0.3) is 10.8 Å². The zero-order valence-corrected chi connectivity index (χ0v) is 11.8. The van der Waals surface area contributed by atoms with Gasteiger partial charge < -0.3 is 11.1 Å². The predicted octanol–water partition coefficient (Wildman–Crippen LogP) is 2.48. The van der Waals surface area contributed by atoms with Gasteiger partial charge in [-0.15, -0.1) is 0 Å². The van der Waals surface area contributed by atoms with E-state index in [2.05, 4.69) is 17.2 Å². The highest BCUT2D eigenvalue weighted by Crippen LogP contribution is 2.16. The van der Waals surface area contributed by atoms with Crippen LogP contribution in [0.4, 0.5) is 0 Å². The molecule has 1 atom stereocenters. The lowest BCUT2D eigenvalue weighted by Gasteiger charge is -2.16. The third-order valence-electron chi connectivity index (χ3n) is 3.41. The summed E-state index contributed by atoms with van der Waals surface area (Å²) in [6.45, 7) is 2.58. The van der Waals surface area contributed by atoms with Gasteiger partial charge in [-0.2, -0.15) is 0 Å². The maximum atomic E-state index is 12.4. The van der Waals surface area contributed by atoms with Crippen molar-refractivity contribution >= 4 is 16.7 Å². The standard InChI is InChI=1S/C16H21N3O/c1-2-3-7-13(11-17)19-16(20)15-14-8-5-4-6-12(14)9-10-18-15/h4-6,8-10,13H,2-3,7,11,17H2,1H3,(H,19,20). The molecule has 0 aliphatic rings. The van der Waals surface area contributed by atoms with Gasteiger partial charge in [0.2, 0.25) is 0 Å². The van der Waals surface area contributed by atoms with Crippen molar-refractivity contribution in [2.75, 3.05) is 6.54 Å². The molecule has 1 aromatic heterocycles. The molecule has 0 aliphatic heterocycles. The molecule has 0 spiro atoms. The highest BCUT2D eigenvalue weighted by atomic mass is 16.1. The number of nitrogens with zero attached hydrogens (tertiary/aromatic N) is 1. The molecule has 0 saturated carbocycles. The minimum Gasteiger partial charge on any atom is -0.347 e. The second-order valence-electron chi connectivity index (χ2n) is 4.93. The summed E-state index contributed by atoms with van der Waals surface area (Å²) in [6.07, 6.45) is 4.73. The number of hydrogen-bond acceptors (Lipinski definition) is 3. The number of fused-ring (bicyclic) bond motifs is 1. The van der Waals surface area contributed by atoms with Gasteiger partial charge in [-0.1, -0.05) is 44.0 Å². The minimum atomic E-state index is -0.145. The van der Waals surface area contributed by atoms with Crippen LogP contribution < -0.4 is 11.1 Å². The molecule has 0 aliphatic carbocycles. The van der Waals surface area contributed by atoms with E-state index in [-0.39, 0.29) is 11.9 Å². The Kier molecular flexibility index (Phi) is 5.07. The number of rotatable bonds is 6. The summed E-state index contributed by atoms with van der Waals surface area (Å²) in [6, 6.07) is 9.69. The Balaban J connectivity index is 2.18. The molecule has 2 rings (SSSR count). The van der Waals surface area contributed by atoms with E-state index in [0.29, 0.717) is 12.2 Å². The van der Waals surface area contributed by atoms with E-state index < -0.39 is 0 Å². The van der Waals surface area contributed by atoms with Gasteiger partial charge in [0.1, 0.15) is 5.69 Å². The summed E-state index contributed by atoms with van der Waals surface area (Å²) in [5.74, 6) is -0.145. The topological polar surface area (TPSA) is 68.0 Å². The van der Waals surface area contributed by atoms with Gasteiger partial charge in [-0.3, -0.25) is 9.78 Å². The van der Waals surface area contributed by atoms with Crippen LogP contribution >= 0.6 is 0 Å². The summed E-state index contributed by atoms with van der Waals surface area (Å²) < 4.78 is 0. The molecule has 0 fully saturated rings. The van der Waals surface area contributed by atoms with Crippen LogP contribution in [0, 0.1) is 0 Å². The lowest BCUT2D eigenvalue weighted by Crippen LogP contribution is -2.40. The van der Waals surface area contributed by atoms with Gasteiger partial charge in [-0.05, 0) is 17.9 Å². The number of benzene rings is 1. The van der Waals surface area contributed by atoms with Crippen molar-refractivity contribution in [1.29, 1.82) is 0 Å². The van der Waals surface area contributed by atoms with Crippen molar-refractivity contribution in [3.05, 3.63) is 42.2 Å². The molecule has 1 heterocycles. The maximum Gasteiger partial charge on any atom is 0.270 e. The van der Waals surface area contributed by atoms with Crippen molar-refractivity contribution in [3.8, 4) is 0 Å². The van der Waals surface area contributed by atoms with E-state index in [0.717, 1.165) is 30.0 Å². The van der Waals surface area contributed by atoms with E-state index in [1.165, 1.54) is 0 Å². The average molecular weight is 271 g/mol. The van der Waals surface area contributed by atoms with E-state index >= 15 is 0 Å². The fourth-order valence-electron chi connectivity index (χ4n) is 2.25. The number of pyridine rings is 1. The fraction of sp³-hybridized carbons (Fsp3) is 0.375. The number of nitrogens with one attached hydrogen (secondary N) is 1. The van der Waals surface area contributed by atoms with Gasteiger partial charge in [0.05, 0.1) is 0 Å². The van der Waals surface area contributed by atoms with Crippen LogP contribution in [0.5, 0.6) is 0 Å². The number of carbonyl (C=O) groups is 1. The predicted molar refractivity (Wildman–Crippen MR) is 81.6 cm³/mol. The molecule has 20 heavy (non-hydrogen) atoms. The van der Waals surface area contributed by atoms with Crippen LogP contribution in [-0.2, 0) is 0 Å². The zero-order valence-electron chi connectivity index (χ0n) is 11.8. The van der Waals surface area contributed by atoms with Gasteiger partial charge in [0, 0.05) is 24.2 Å². The summed E-state index contributed by atoms with van der Waals surface area (Å²) in [4.78, 5) is 16.6. The first-order valence-corrected chi connectivity index (χ1v) is 7.11. The van der Waals surface area contributed by atoms with Gasteiger partial charge in [0.25, 0.3) is 5.91 Å². The van der Waals surface area contributed by atoms with Gasteiger partial charge in [0.15, 0.2) is 0 Å². The highest BCUT2D eigenvalue weighted by Gasteiger charge is 2.15. The Morgan fingerprint density at radius 2 is 2.15 bits per heavy atom. The molecule has 2 aromatic rings. The second-order valence-corrected chi connectivity index (χ2v) is 4.93. The number of carbonyl (C=O) groups excluding carboxylic acids is 1. The fourth-order valence-corrected chi connectivity index (χ4v) is 2.25. The van der Waals surface area contributed by atoms with Crippen molar-refractivity contribution in [1.82, 2.24) is 10.3 Å². The maximum absolute atomic E-state index is 12.4. The lowest BCUT2D eigenvalue weighted by atomic mass is 10.1. The third-order valence-corrected chi connectivity index (χ3v) is 3.41. The van der Waals surface area contributed by atoms with Crippen LogP contribution in [0.1, 0.15) is 36.7 Å². The molecular weight excluding hydrogens is 250 g/mol. The molecule has 3 N–H and O–H groups in total. The molecule has 4 nitrogen and oxygen atoms in total. The van der Waals surface area contributed by atoms with Crippen LogP contribution in [0.15, 0.2) is 36.5 Å². The molecule has 4 heteroatoms. The van der Waals surface area contributed by atoms with Crippen LogP contribution in [-0.4, -0.2) is 23.5 Å². The molecule has 1 aromatic carbocycles. The van der Waals surface area contributed by atoms with E-state index in [1.54, 1.807) is 6.20 Å². The van der Waals surface area contributed by atoms with E-state index in [9.17, 15) is 4.79 Å². The zero-order chi connectivity index (χ0) is 14.4. The Morgan fingerprint density at radius 3 is 2.90 bits per heavy atom. The first-order valence-electron chi connectivity index (χ1n) is 7.11. The first kappa shape index (κ1) is 14.5. The van der Waals surface area contributed by atoms with Crippen molar-refractivity contribution in [2.24, 2.45) is 5.73 Å². The number of aromatic nitrogens is 1. The number of amides is 1. The number of hydrogen-bond donors (Lipinski definition) is 2. The van der Waals surface area contributed by atoms with Crippen LogP contribution in [0.3, 0.4) is 0 Å². The highest BCUT2D eigenvalue weighted by molar-refractivity contribution is 6.05. The number of unbranched alkanes of at least 4 members (excludes halogenated alkanes) is 1. The number of nitrogens with two attached hydrogens (primary N) is 1. The SMILES string of the molecule is CCCCC(CN)NC(=O)c1nccc2ccccc12. The third kappa shape index (κ3) is 3.33. The van der Waals surface area contributed by atoms with E-state index in [1.807, 2.05) is 30.3 Å². The summed E-state index contributed by atoms with van der Waals surface area (Å²) in [7, 11) is 0. The molecule has 0 radical (unpaired) electrons. The monoisotopic (exact) mass is 271 g/mol. The minimum absolute atomic E-state index is 0.0169. The summed E-state index contributed by atoms with van der Waals surface area (Å²) in [5, 5.41) is 4.88. The average Bonchev–Trinajstić information content (AvgIpc) is 2.50. The summed E-state index contributed by atoms with van der Waals surface area (Å²) in [5.41, 5.74) is 6.19. The molecule has 1 unspecified atom stereocenters. The van der Waals surface area contributed by atoms with Crippen molar-refractivity contribution in [3.63, 3.8) is 0 Å². The molecule has 106 valence electrons. The first-order chi connectivity index (χ1) is 9.76. The van der Waals surface area contributed by atoms with E-state index in [4.69, 9.17) is 5.73 Å². The molecule has 0 saturated heterocycles. The largest absolute Gasteiger partial charge is 0.347 e.